The number of nitrogens with two attached hydrogens (primary N) is 2. The molecule has 20 heavy (non-hydrogen) atoms. The molecule has 7 nitrogen and oxygen atoms in total. The van der Waals surface area contributed by atoms with Crippen LogP contribution in [0.25, 0.3) is 0 Å². The van der Waals surface area contributed by atoms with Gasteiger partial charge in [0.15, 0.2) is 0 Å². The predicted octanol–water partition coefficient (Wildman–Crippen LogP) is 2.34. The molecule has 2 amide bonds. The van der Waals surface area contributed by atoms with Crippen LogP contribution in [-0.4, -0.2) is 41.3 Å². The van der Waals surface area contributed by atoms with Gasteiger partial charge >= 0.3 is 9.53 Å². The zero-order valence-corrected chi connectivity index (χ0v) is 16.1. The topological polar surface area (TPSA) is 114 Å². The van der Waals surface area contributed by atoms with Crippen molar-refractivity contribution in [1.29, 1.82) is 0 Å². The Bertz CT molecular complexity index is 162. The van der Waals surface area contributed by atoms with E-state index < -0.39 is 20.0 Å². The summed E-state index contributed by atoms with van der Waals surface area (Å²) in [7, 11) is 3.31. The Hall–Kier alpha value is -0.263. The van der Waals surface area contributed by atoms with Gasteiger partial charge in [0.2, 0.25) is 0 Å². The Morgan fingerprint density at radius 3 is 1.00 bits per heavy atom. The standard InChI is InChI=1S/C3H9O3Si.C3H8.C2H6.2CH3NOS/c1-4-7(5-2)6-3;1-3-2;1-2;2*2-1(3)4/h1-3H3;3H2,1-2H3;1-2H3;2*(H3,2,3,4). The molecule has 0 fully saturated rings. The van der Waals surface area contributed by atoms with Crippen LogP contribution < -0.4 is 11.5 Å². The molecule has 0 aromatic carbocycles. The van der Waals surface area contributed by atoms with Crippen molar-refractivity contribution in [3.05, 3.63) is 0 Å². The minimum atomic E-state index is -1.36. The van der Waals surface area contributed by atoms with Crippen molar-refractivity contribution in [2.75, 3.05) is 21.3 Å². The zero-order valence-electron chi connectivity index (χ0n) is 13.3. The molecule has 0 aromatic rings. The number of rotatable bonds is 3. The second-order valence-electron chi connectivity index (χ2n) is 2.25. The molecule has 0 rings (SSSR count). The zero-order chi connectivity index (χ0) is 17.6. The maximum absolute atomic E-state index is 9.09. The lowest BCUT2D eigenvalue weighted by Gasteiger charge is -2.02. The molecule has 0 aromatic heterocycles. The van der Waals surface area contributed by atoms with Crippen LogP contribution in [-0.2, 0) is 13.3 Å². The summed E-state index contributed by atoms with van der Waals surface area (Å²) >= 11 is 6.21. The summed E-state index contributed by atoms with van der Waals surface area (Å²) < 4.78 is 14.1. The maximum Gasteiger partial charge on any atom is 0.576 e. The molecule has 0 saturated heterocycles. The van der Waals surface area contributed by atoms with E-state index in [0.717, 1.165) is 0 Å². The highest BCUT2D eigenvalue weighted by atomic mass is 32.1. The third-order valence-corrected chi connectivity index (χ3v) is 1.50. The second-order valence-corrected chi connectivity index (χ2v) is 4.85. The number of hydrogen-bond acceptors (Lipinski definition) is 5. The summed E-state index contributed by atoms with van der Waals surface area (Å²) in [6, 6.07) is 0. The summed E-state index contributed by atoms with van der Waals surface area (Å²) in [6.45, 7) is 8.25. The molecule has 1 radical (unpaired) electrons. The monoisotopic (exact) mass is 349 g/mol. The first-order chi connectivity index (χ1) is 9.22. The molecule has 0 atom stereocenters. The van der Waals surface area contributed by atoms with Crippen LogP contribution in [0.15, 0.2) is 0 Å². The third-order valence-electron chi connectivity index (χ3n) is 0.500. The Morgan fingerprint density at radius 1 is 0.900 bits per heavy atom. The molecule has 0 aliphatic rings. The SMILES string of the molecule is CC.CCC.CO[Si](OC)OC.NC(=O)S.NC(=O)S. The van der Waals surface area contributed by atoms with Crippen LogP contribution >= 0.6 is 25.3 Å². The molecule has 0 saturated carbocycles. The highest BCUT2D eigenvalue weighted by molar-refractivity contribution is 7.96. The summed E-state index contributed by atoms with van der Waals surface area (Å²) in [5.41, 5.74) is 8.67. The lowest BCUT2D eigenvalue weighted by Crippen LogP contribution is -2.21. The van der Waals surface area contributed by atoms with Gasteiger partial charge in [0, 0.05) is 21.3 Å². The number of hydrogen-bond donors (Lipinski definition) is 4. The molecule has 0 unspecified atom stereocenters. The predicted molar refractivity (Wildman–Crippen MR) is 91.2 cm³/mol. The number of amides is 2. The fourth-order valence-corrected chi connectivity index (χ4v) is 0.750. The van der Waals surface area contributed by atoms with E-state index in [0.29, 0.717) is 0 Å². The Morgan fingerprint density at radius 2 is 1.00 bits per heavy atom. The van der Waals surface area contributed by atoms with E-state index in [2.05, 4.69) is 50.6 Å². The third kappa shape index (κ3) is 151. The molecule has 0 aliphatic heterocycles. The fourth-order valence-electron chi connectivity index (χ4n) is 0.250. The molecule has 0 spiro atoms. The average Bonchev–Trinajstić information content (AvgIpc) is 2.33. The Balaban J connectivity index is -0.0000000505. The first kappa shape index (κ1) is 31.9. The minimum absolute atomic E-state index is 0.639. The van der Waals surface area contributed by atoms with Gasteiger partial charge in [-0.05, 0) is 0 Å². The molecule has 10 heteroatoms. The van der Waals surface area contributed by atoms with Gasteiger partial charge in [-0.1, -0.05) is 59.4 Å². The van der Waals surface area contributed by atoms with E-state index in [1.807, 2.05) is 13.8 Å². The Kier molecular flexibility index (Phi) is 58.0. The maximum atomic E-state index is 9.09. The van der Waals surface area contributed by atoms with E-state index in [9.17, 15) is 0 Å². The molecule has 4 N–H and O–H groups in total. The largest absolute Gasteiger partial charge is 0.576 e. The Labute approximate surface area is 135 Å². The van der Waals surface area contributed by atoms with E-state index in [-0.39, 0.29) is 0 Å². The van der Waals surface area contributed by atoms with Gasteiger partial charge in [0.25, 0.3) is 10.5 Å². The smallest absolute Gasteiger partial charge is 0.375 e. The summed E-state index contributed by atoms with van der Waals surface area (Å²) in [5.74, 6) is 0. The normalized spacial score (nSPS) is 7.30. The van der Waals surface area contributed by atoms with Gasteiger partial charge in [0.05, 0.1) is 0 Å². The summed E-state index contributed by atoms with van der Waals surface area (Å²) in [4.78, 5) is 18.2. The average molecular weight is 350 g/mol. The number of carbonyl (C=O) groups is 2. The van der Waals surface area contributed by atoms with Crippen molar-refractivity contribution in [1.82, 2.24) is 0 Å². The molecular formula is C10H29N2O5S2Si. The minimum Gasteiger partial charge on any atom is -0.375 e. The molecule has 0 bridgehead atoms. The van der Waals surface area contributed by atoms with Crippen molar-refractivity contribution in [3.63, 3.8) is 0 Å². The summed E-state index contributed by atoms with van der Waals surface area (Å²) in [6.07, 6.45) is 1.25. The van der Waals surface area contributed by atoms with Crippen LogP contribution in [0, 0.1) is 0 Å². The first-order valence-corrected chi connectivity index (χ1v) is 7.80. The van der Waals surface area contributed by atoms with Crippen LogP contribution in [0.4, 0.5) is 9.59 Å². The molecule has 0 heterocycles. The number of carbonyl (C=O) groups excluding carboxylic acids is 2. The molecule has 0 aliphatic carbocycles. The lowest BCUT2D eigenvalue weighted by molar-refractivity contribution is 0.163. The highest BCUT2D eigenvalue weighted by Gasteiger charge is 2.09. The molecular weight excluding hydrogens is 320 g/mol. The second kappa shape index (κ2) is 36.3. The fraction of sp³-hybridized carbons (Fsp3) is 0.800. The van der Waals surface area contributed by atoms with Crippen LogP contribution in [0.3, 0.4) is 0 Å². The van der Waals surface area contributed by atoms with Gasteiger partial charge in [-0.15, -0.1) is 0 Å². The van der Waals surface area contributed by atoms with E-state index in [1.165, 1.54) is 6.42 Å². The number of thiol groups is 2. The van der Waals surface area contributed by atoms with Gasteiger partial charge < -0.3 is 24.7 Å². The van der Waals surface area contributed by atoms with Crippen molar-refractivity contribution in [3.8, 4) is 0 Å². The van der Waals surface area contributed by atoms with Gasteiger partial charge in [-0.25, -0.2) is 0 Å². The quantitative estimate of drug-likeness (QED) is 0.461. The first-order valence-electron chi connectivity index (χ1n) is 5.68. The van der Waals surface area contributed by atoms with Crippen LogP contribution in [0.1, 0.15) is 34.1 Å². The van der Waals surface area contributed by atoms with Gasteiger partial charge in [0.1, 0.15) is 0 Å². The van der Waals surface area contributed by atoms with Crippen LogP contribution in [0.5, 0.6) is 0 Å². The number of primary amides is 2. The van der Waals surface area contributed by atoms with E-state index in [4.69, 9.17) is 22.9 Å². The van der Waals surface area contributed by atoms with Crippen molar-refractivity contribution in [2.45, 2.75) is 34.1 Å². The van der Waals surface area contributed by atoms with Gasteiger partial charge in [-0.3, -0.25) is 9.59 Å². The van der Waals surface area contributed by atoms with Crippen molar-refractivity contribution < 1.29 is 22.9 Å². The van der Waals surface area contributed by atoms with Crippen molar-refractivity contribution >= 4 is 45.3 Å². The van der Waals surface area contributed by atoms with E-state index in [1.54, 1.807) is 21.3 Å². The van der Waals surface area contributed by atoms with E-state index >= 15 is 0 Å². The van der Waals surface area contributed by atoms with Gasteiger partial charge in [-0.2, -0.15) is 0 Å². The molecule has 125 valence electrons. The van der Waals surface area contributed by atoms with Crippen LogP contribution in [0.2, 0.25) is 0 Å². The summed E-state index contributed by atoms with van der Waals surface area (Å²) in [5, 5.41) is -1.28. The lowest BCUT2D eigenvalue weighted by atomic mass is 10.6. The highest BCUT2D eigenvalue weighted by Crippen LogP contribution is 1.81. The van der Waals surface area contributed by atoms with Crippen molar-refractivity contribution in [2.24, 2.45) is 11.5 Å².